The number of carbonyl (C=O) groups excluding carboxylic acids is 1. The third-order valence-electron chi connectivity index (χ3n) is 5.92. The molecule has 0 atom stereocenters. The highest BCUT2D eigenvalue weighted by Crippen LogP contribution is 2.37. The highest BCUT2D eigenvalue weighted by molar-refractivity contribution is 7.17. The topological polar surface area (TPSA) is 52.6 Å². The van der Waals surface area contributed by atoms with Crippen LogP contribution in [0.2, 0.25) is 0 Å². The second-order valence-electron chi connectivity index (χ2n) is 7.74. The molecule has 5 rings (SSSR count). The van der Waals surface area contributed by atoms with Gasteiger partial charge in [0.05, 0.1) is 11.9 Å². The first-order chi connectivity index (χ1) is 14.3. The monoisotopic (exact) mass is 407 g/mol. The van der Waals surface area contributed by atoms with Gasteiger partial charge in [0, 0.05) is 50.2 Å². The first-order valence-corrected chi connectivity index (χ1v) is 11.2. The van der Waals surface area contributed by atoms with Crippen LogP contribution in [-0.4, -0.2) is 71.5 Å². The minimum absolute atomic E-state index is 0.282. The van der Waals surface area contributed by atoms with Gasteiger partial charge in [-0.3, -0.25) is 9.69 Å². The molecule has 4 heterocycles. The first-order valence-electron chi connectivity index (χ1n) is 10.3. The molecule has 0 radical (unpaired) electrons. The molecule has 0 spiro atoms. The fourth-order valence-electron chi connectivity index (χ4n) is 4.30. The summed E-state index contributed by atoms with van der Waals surface area (Å²) in [5.74, 6) is 1.30. The van der Waals surface area contributed by atoms with Crippen molar-refractivity contribution in [1.29, 1.82) is 0 Å². The van der Waals surface area contributed by atoms with Crippen molar-refractivity contribution in [2.75, 3.05) is 50.7 Å². The summed E-state index contributed by atoms with van der Waals surface area (Å²) in [7, 11) is 0. The molecule has 1 aromatic carbocycles. The number of rotatable bonds is 4. The molecule has 0 saturated carbocycles. The second-order valence-corrected chi connectivity index (χ2v) is 8.60. The van der Waals surface area contributed by atoms with E-state index in [1.807, 2.05) is 11.0 Å². The van der Waals surface area contributed by atoms with Gasteiger partial charge in [-0.15, -0.1) is 11.3 Å². The Kier molecular flexibility index (Phi) is 5.16. The Morgan fingerprint density at radius 1 is 0.966 bits per heavy atom. The van der Waals surface area contributed by atoms with E-state index >= 15 is 0 Å². The quantitative estimate of drug-likeness (QED) is 0.665. The van der Waals surface area contributed by atoms with E-state index in [1.165, 1.54) is 11.1 Å². The van der Waals surface area contributed by atoms with Crippen LogP contribution in [0.25, 0.3) is 21.3 Å². The minimum atomic E-state index is 0.282. The van der Waals surface area contributed by atoms with E-state index in [-0.39, 0.29) is 5.91 Å². The lowest BCUT2D eigenvalue weighted by Gasteiger charge is -2.36. The van der Waals surface area contributed by atoms with Gasteiger partial charge in [0.2, 0.25) is 5.91 Å². The molecule has 6 nitrogen and oxygen atoms in total. The maximum absolute atomic E-state index is 12.5. The molecule has 2 fully saturated rings. The molecule has 2 saturated heterocycles. The lowest BCUT2D eigenvalue weighted by atomic mass is 10.1. The zero-order valence-corrected chi connectivity index (χ0v) is 17.3. The maximum Gasteiger partial charge on any atom is 0.236 e. The van der Waals surface area contributed by atoms with Gasteiger partial charge in [-0.05, 0) is 18.4 Å². The number of anilines is 1. The van der Waals surface area contributed by atoms with Gasteiger partial charge >= 0.3 is 0 Å². The van der Waals surface area contributed by atoms with Crippen molar-refractivity contribution >= 4 is 33.3 Å². The van der Waals surface area contributed by atoms with Crippen molar-refractivity contribution in [2.24, 2.45) is 0 Å². The normalized spacial score (nSPS) is 17.9. The molecule has 2 aromatic heterocycles. The summed E-state index contributed by atoms with van der Waals surface area (Å²) >= 11 is 1.67. The SMILES string of the molecule is O=C(CN1CCN(c2ncnc3scc(-c4ccccc4)c23)CC1)N1CCCC1. The molecule has 2 aliphatic heterocycles. The van der Waals surface area contributed by atoms with Crippen molar-refractivity contribution in [1.82, 2.24) is 19.8 Å². The predicted octanol–water partition coefficient (Wildman–Crippen LogP) is 3.10. The summed E-state index contributed by atoms with van der Waals surface area (Å²) in [6.07, 6.45) is 3.97. The second kappa shape index (κ2) is 8.08. The highest BCUT2D eigenvalue weighted by atomic mass is 32.1. The summed E-state index contributed by atoms with van der Waals surface area (Å²) in [4.78, 5) is 29.3. The molecule has 1 amide bonds. The van der Waals surface area contributed by atoms with Gasteiger partial charge in [0.15, 0.2) is 0 Å². The third-order valence-corrected chi connectivity index (χ3v) is 6.81. The number of thiophene rings is 1. The molecule has 0 N–H and O–H groups in total. The van der Waals surface area contributed by atoms with Crippen LogP contribution >= 0.6 is 11.3 Å². The molecule has 0 unspecified atom stereocenters. The smallest absolute Gasteiger partial charge is 0.236 e. The number of nitrogens with zero attached hydrogens (tertiary/aromatic N) is 5. The van der Waals surface area contributed by atoms with Crippen LogP contribution in [0.3, 0.4) is 0 Å². The Morgan fingerprint density at radius 2 is 1.72 bits per heavy atom. The van der Waals surface area contributed by atoms with Crippen LogP contribution in [0, 0.1) is 0 Å². The Bertz CT molecular complexity index is 991. The largest absolute Gasteiger partial charge is 0.353 e. The molecular weight excluding hydrogens is 382 g/mol. The number of hydrogen-bond donors (Lipinski definition) is 0. The van der Waals surface area contributed by atoms with Gasteiger partial charge in [-0.1, -0.05) is 30.3 Å². The van der Waals surface area contributed by atoms with E-state index in [1.54, 1.807) is 17.7 Å². The Morgan fingerprint density at radius 3 is 2.48 bits per heavy atom. The fraction of sp³-hybridized carbons (Fsp3) is 0.409. The third kappa shape index (κ3) is 3.72. The van der Waals surface area contributed by atoms with Gasteiger partial charge in [0.1, 0.15) is 17.0 Å². The number of hydrogen-bond acceptors (Lipinski definition) is 6. The molecule has 29 heavy (non-hydrogen) atoms. The number of likely N-dealkylation sites (tertiary alicyclic amines) is 1. The Balaban J connectivity index is 1.33. The van der Waals surface area contributed by atoms with Crippen molar-refractivity contribution in [3.63, 3.8) is 0 Å². The van der Waals surface area contributed by atoms with Crippen molar-refractivity contribution in [3.05, 3.63) is 42.0 Å². The lowest BCUT2D eigenvalue weighted by Crippen LogP contribution is -2.50. The highest BCUT2D eigenvalue weighted by Gasteiger charge is 2.25. The number of aromatic nitrogens is 2. The van der Waals surface area contributed by atoms with Crippen LogP contribution in [0.1, 0.15) is 12.8 Å². The lowest BCUT2D eigenvalue weighted by molar-refractivity contribution is -0.131. The van der Waals surface area contributed by atoms with E-state index in [2.05, 4.69) is 49.4 Å². The number of amides is 1. The molecule has 150 valence electrons. The van der Waals surface area contributed by atoms with Crippen LogP contribution in [0.15, 0.2) is 42.0 Å². The summed E-state index contributed by atoms with van der Waals surface area (Å²) in [6.45, 7) is 5.93. The standard InChI is InChI=1S/C22H25N5OS/c28-19(26-8-4-5-9-26)14-25-10-12-27(13-11-25)21-20-18(17-6-2-1-3-7-17)15-29-22(20)24-16-23-21/h1-3,6-7,15-16H,4-5,8-14H2. The average Bonchev–Trinajstić information content (AvgIpc) is 3.45. The van der Waals surface area contributed by atoms with Crippen LogP contribution < -0.4 is 4.90 Å². The van der Waals surface area contributed by atoms with E-state index < -0.39 is 0 Å². The average molecular weight is 408 g/mol. The summed E-state index contributed by atoms with van der Waals surface area (Å²) in [6, 6.07) is 10.5. The molecule has 2 aliphatic rings. The Hall–Kier alpha value is -2.51. The van der Waals surface area contributed by atoms with E-state index in [4.69, 9.17) is 0 Å². The van der Waals surface area contributed by atoms with Gasteiger partial charge in [-0.2, -0.15) is 0 Å². The zero-order valence-electron chi connectivity index (χ0n) is 16.5. The van der Waals surface area contributed by atoms with Gasteiger partial charge in [-0.25, -0.2) is 9.97 Å². The molecule has 0 bridgehead atoms. The fourth-order valence-corrected chi connectivity index (χ4v) is 5.22. The first kappa shape index (κ1) is 18.5. The molecule has 7 heteroatoms. The van der Waals surface area contributed by atoms with Crippen LogP contribution in [0.5, 0.6) is 0 Å². The molecule has 0 aliphatic carbocycles. The van der Waals surface area contributed by atoms with Gasteiger partial charge in [0.25, 0.3) is 0 Å². The Labute approximate surface area is 174 Å². The van der Waals surface area contributed by atoms with Gasteiger partial charge < -0.3 is 9.80 Å². The maximum atomic E-state index is 12.5. The van der Waals surface area contributed by atoms with Crippen molar-refractivity contribution < 1.29 is 4.79 Å². The van der Waals surface area contributed by atoms with E-state index in [9.17, 15) is 4.79 Å². The summed E-state index contributed by atoms with van der Waals surface area (Å²) in [5, 5.41) is 3.33. The predicted molar refractivity (Wildman–Crippen MR) is 117 cm³/mol. The van der Waals surface area contributed by atoms with Crippen molar-refractivity contribution in [2.45, 2.75) is 12.8 Å². The summed E-state index contributed by atoms with van der Waals surface area (Å²) in [5.41, 5.74) is 2.40. The number of benzene rings is 1. The number of piperazine rings is 1. The number of fused-ring (bicyclic) bond motifs is 1. The minimum Gasteiger partial charge on any atom is -0.353 e. The van der Waals surface area contributed by atoms with Crippen LogP contribution in [0.4, 0.5) is 5.82 Å². The zero-order chi connectivity index (χ0) is 19.6. The van der Waals surface area contributed by atoms with E-state index in [0.717, 1.165) is 68.1 Å². The number of carbonyl (C=O) groups is 1. The van der Waals surface area contributed by atoms with E-state index in [0.29, 0.717) is 6.54 Å². The summed E-state index contributed by atoms with van der Waals surface area (Å²) < 4.78 is 0. The molecular formula is C22H25N5OS. The van der Waals surface area contributed by atoms with Crippen molar-refractivity contribution in [3.8, 4) is 11.1 Å². The molecule has 3 aromatic rings. The van der Waals surface area contributed by atoms with Crippen LogP contribution in [-0.2, 0) is 4.79 Å².